The van der Waals surface area contributed by atoms with Crippen molar-refractivity contribution in [3.63, 3.8) is 0 Å². The first-order chi connectivity index (χ1) is 18.9. The van der Waals surface area contributed by atoms with E-state index in [2.05, 4.69) is 31.9 Å². The third-order valence-electron chi connectivity index (χ3n) is 7.11. The van der Waals surface area contributed by atoms with Crippen LogP contribution in [0, 0.1) is 5.82 Å². The summed E-state index contributed by atoms with van der Waals surface area (Å²) in [6, 6.07) is 5.49. The van der Waals surface area contributed by atoms with Gasteiger partial charge in [-0.15, -0.1) is 0 Å². The Labute approximate surface area is 230 Å². The number of allylic oxidation sites excluding steroid dienone is 1. The number of halogens is 5. The number of aromatic nitrogens is 1. The van der Waals surface area contributed by atoms with Gasteiger partial charge in [-0.05, 0) is 90.1 Å². The summed E-state index contributed by atoms with van der Waals surface area (Å²) in [5.74, 6) is -2.16. The number of fused-ring (bicyclic) bond motifs is 1. The molecule has 3 heterocycles. The Hall–Kier alpha value is -3.54. The van der Waals surface area contributed by atoms with E-state index in [0.29, 0.717) is 44.8 Å². The number of likely N-dealkylation sites (tertiary alicyclic amines) is 1. The molecule has 7 nitrogen and oxygen atoms in total. The van der Waals surface area contributed by atoms with Crippen LogP contribution < -0.4 is 15.0 Å². The molecule has 0 atom stereocenters. The standard InChI is InChI=1S/C28H33F5N6O/c1-16(2)39-12-13-40-25-21(30)14-19(15-22(25)39)24(17(3)29)37-27(34-4)36-23-7-6-20(26(35-23)28(31,32)33)18-8-10-38(5)11-9-18/h6-7,14-16,18H,4,8-13H2,1-3,5H3,(H,35,36,37)/b24-17+. The van der Waals surface area contributed by atoms with Crippen LogP contribution in [0.1, 0.15) is 56.4 Å². The van der Waals surface area contributed by atoms with E-state index in [0.717, 1.165) is 13.0 Å². The van der Waals surface area contributed by atoms with Crippen molar-refractivity contribution in [3.8, 4) is 5.75 Å². The highest BCUT2D eigenvalue weighted by atomic mass is 19.4. The van der Waals surface area contributed by atoms with Crippen LogP contribution in [-0.4, -0.2) is 61.9 Å². The van der Waals surface area contributed by atoms with Crippen molar-refractivity contribution < 1.29 is 26.7 Å². The Morgan fingerprint density at radius 2 is 1.88 bits per heavy atom. The molecule has 2 aromatic rings. The first-order valence-electron chi connectivity index (χ1n) is 13.1. The highest BCUT2D eigenvalue weighted by molar-refractivity contribution is 5.94. The molecule has 0 radical (unpaired) electrons. The predicted molar refractivity (Wildman–Crippen MR) is 147 cm³/mol. The minimum absolute atomic E-state index is 0.0301. The lowest BCUT2D eigenvalue weighted by atomic mass is 9.88. The summed E-state index contributed by atoms with van der Waals surface area (Å²) < 4.78 is 77.3. The number of benzene rings is 1. The van der Waals surface area contributed by atoms with Crippen LogP contribution in [0.15, 0.2) is 40.1 Å². The van der Waals surface area contributed by atoms with E-state index in [1.807, 2.05) is 25.8 Å². The molecule has 40 heavy (non-hydrogen) atoms. The van der Waals surface area contributed by atoms with Gasteiger partial charge in [0.15, 0.2) is 17.4 Å². The molecule has 4 rings (SSSR count). The molecule has 1 fully saturated rings. The Morgan fingerprint density at radius 3 is 2.48 bits per heavy atom. The normalized spacial score (nSPS) is 17.9. The molecule has 2 aliphatic heterocycles. The number of nitrogens with zero attached hydrogens (tertiary/aromatic N) is 5. The average molecular weight is 565 g/mol. The number of ether oxygens (including phenoxy) is 1. The van der Waals surface area contributed by atoms with Crippen LogP contribution in [-0.2, 0) is 6.18 Å². The van der Waals surface area contributed by atoms with E-state index in [1.54, 1.807) is 6.07 Å². The number of alkyl halides is 3. The molecular weight excluding hydrogens is 531 g/mol. The summed E-state index contributed by atoms with van der Waals surface area (Å²) in [5, 5.41) is 2.66. The van der Waals surface area contributed by atoms with Gasteiger partial charge in [0.2, 0.25) is 5.96 Å². The molecule has 0 saturated carbocycles. The highest BCUT2D eigenvalue weighted by Gasteiger charge is 2.38. The molecule has 0 spiro atoms. The van der Waals surface area contributed by atoms with Crippen molar-refractivity contribution >= 4 is 29.9 Å². The van der Waals surface area contributed by atoms with Crippen molar-refractivity contribution in [2.24, 2.45) is 9.98 Å². The van der Waals surface area contributed by atoms with Gasteiger partial charge in [0.25, 0.3) is 0 Å². The average Bonchev–Trinajstić information content (AvgIpc) is 2.90. The van der Waals surface area contributed by atoms with E-state index in [9.17, 15) is 17.6 Å². The van der Waals surface area contributed by atoms with Crippen LogP contribution in [0.25, 0.3) is 5.70 Å². The highest BCUT2D eigenvalue weighted by Crippen LogP contribution is 2.40. The second-order valence-electron chi connectivity index (χ2n) is 10.3. The van der Waals surface area contributed by atoms with Gasteiger partial charge in [0.05, 0.1) is 17.9 Å². The quantitative estimate of drug-likeness (QED) is 0.263. The zero-order valence-corrected chi connectivity index (χ0v) is 22.9. The number of hydrogen-bond acceptors (Lipinski definition) is 5. The van der Waals surface area contributed by atoms with E-state index in [-0.39, 0.29) is 46.3 Å². The number of aliphatic imine (C=N–C) groups is 2. The molecule has 216 valence electrons. The minimum atomic E-state index is -4.69. The zero-order valence-electron chi connectivity index (χ0n) is 22.9. The van der Waals surface area contributed by atoms with Gasteiger partial charge in [-0.1, -0.05) is 6.07 Å². The molecule has 0 unspecified atom stereocenters. The second-order valence-corrected chi connectivity index (χ2v) is 10.3. The molecule has 1 N–H and O–H groups in total. The molecule has 2 aliphatic rings. The lowest BCUT2D eigenvalue weighted by Gasteiger charge is -2.35. The molecule has 12 heteroatoms. The van der Waals surface area contributed by atoms with E-state index in [1.165, 1.54) is 12.1 Å². The van der Waals surface area contributed by atoms with Gasteiger partial charge < -0.3 is 19.9 Å². The van der Waals surface area contributed by atoms with Crippen molar-refractivity contribution in [2.75, 3.05) is 38.2 Å². The second kappa shape index (κ2) is 11.9. The largest absolute Gasteiger partial charge is 0.486 e. The van der Waals surface area contributed by atoms with Gasteiger partial charge in [0.1, 0.15) is 18.1 Å². The maximum Gasteiger partial charge on any atom is 0.433 e. The van der Waals surface area contributed by atoms with Gasteiger partial charge in [-0.3, -0.25) is 0 Å². The van der Waals surface area contributed by atoms with Crippen LogP contribution in [0.5, 0.6) is 5.75 Å². The maximum atomic E-state index is 15.0. The molecule has 1 saturated heterocycles. The third-order valence-corrected chi connectivity index (χ3v) is 7.11. The number of rotatable bonds is 5. The van der Waals surface area contributed by atoms with Gasteiger partial charge in [-0.25, -0.2) is 18.8 Å². The Bertz CT molecular complexity index is 1310. The number of pyridine rings is 1. The van der Waals surface area contributed by atoms with Crippen LogP contribution in [0.3, 0.4) is 0 Å². The number of guanidine groups is 1. The van der Waals surface area contributed by atoms with E-state index >= 15 is 4.39 Å². The number of piperidine rings is 1. The van der Waals surface area contributed by atoms with Crippen LogP contribution >= 0.6 is 0 Å². The molecular formula is C28H33F5N6O. The smallest absolute Gasteiger partial charge is 0.433 e. The van der Waals surface area contributed by atoms with Gasteiger partial charge >= 0.3 is 6.18 Å². The summed E-state index contributed by atoms with van der Waals surface area (Å²) in [6.45, 7) is 10.7. The van der Waals surface area contributed by atoms with Crippen molar-refractivity contribution in [3.05, 3.63) is 52.7 Å². The molecule has 0 aliphatic carbocycles. The molecule has 0 bridgehead atoms. The first kappa shape index (κ1) is 29.4. The topological polar surface area (TPSA) is 65.4 Å². The number of hydrogen-bond donors (Lipinski definition) is 1. The zero-order chi connectivity index (χ0) is 29.2. The predicted octanol–water partition coefficient (Wildman–Crippen LogP) is 6.29. The monoisotopic (exact) mass is 564 g/mol. The fourth-order valence-corrected chi connectivity index (χ4v) is 5.06. The van der Waals surface area contributed by atoms with E-state index in [4.69, 9.17) is 4.74 Å². The fraction of sp³-hybridized carbons (Fsp3) is 0.464. The fourth-order valence-electron chi connectivity index (χ4n) is 5.06. The number of nitrogens with one attached hydrogen (secondary N) is 1. The lowest BCUT2D eigenvalue weighted by Crippen LogP contribution is -2.38. The lowest BCUT2D eigenvalue weighted by molar-refractivity contribution is -0.142. The van der Waals surface area contributed by atoms with Crippen LogP contribution in [0.2, 0.25) is 0 Å². The summed E-state index contributed by atoms with van der Waals surface area (Å²) in [7, 11) is 1.93. The Morgan fingerprint density at radius 1 is 1.18 bits per heavy atom. The summed E-state index contributed by atoms with van der Waals surface area (Å²) in [5.41, 5.74) is -0.439. The summed E-state index contributed by atoms with van der Waals surface area (Å²) in [4.78, 5) is 15.6. The first-order valence-corrected chi connectivity index (χ1v) is 13.1. The van der Waals surface area contributed by atoms with Gasteiger partial charge in [0, 0.05) is 11.6 Å². The maximum absolute atomic E-state index is 15.0. The van der Waals surface area contributed by atoms with E-state index < -0.39 is 23.5 Å². The molecule has 1 aromatic heterocycles. The molecule has 0 amide bonds. The Balaban J connectivity index is 1.68. The molecule has 1 aromatic carbocycles. The third kappa shape index (κ3) is 6.43. The van der Waals surface area contributed by atoms with Crippen LogP contribution in [0.4, 0.5) is 33.5 Å². The SMILES string of the molecule is C=NC(=Nc1ccc(C2CCN(C)CC2)c(C(F)(F)F)n1)N/C(=C(\C)F)c1cc(F)c2c(c1)N(C(C)C)CCO2. The van der Waals surface area contributed by atoms with Crippen molar-refractivity contribution in [1.29, 1.82) is 0 Å². The van der Waals surface area contributed by atoms with Crippen molar-refractivity contribution in [1.82, 2.24) is 15.2 Å². The number of anilines is 1. The summed E-state index contributed by atoms with van der Waals surface area (Å²) >= 11 is 0. The van der Waals surface area contributed by atoms with Crippen molar-refractivity contribution in [2.45, 2.75) is 51.7 Å². The van der Waals surface area contributed by atoms with Gasteiger partial charge in [-0.2, -0.15) is 18.2 Å². The summed E-state index contributed by atoms with van der Waals surface area (Å²) in [6.07, 6.45) is -3.51. The minimum Gasteiger partial charge on any atom is -0.486 e. The Kier molecular flexibility index (Phi) is 8.77.